The first-order valence-electron chi connectivity index (χ1n) is 7.12. The van der Waals surface area contributed by atoms with Crippen LogP contribution in [-0.4, -0.2) is 34.4 Å². The van der Waals surface area contributed by atoms with E-state index in [1.54, 1.807) is 17.3 Å². The topological polar surface area (TPSA) is 75.0 Å². The number of nitrogens with one attached hydrogen (secondary N) is 1. The number of amides is 1. The van der Waals surface area contributed by atoms with Gasteiger partial charge in [-0.1, -0.05) is 25.7 Å². The maximum absolute atomic E-state index is 12.7. The lowest BCUT2D eigenvalue weighted by Gasteiger charge is -2.33. The molecular formula is C14H24N4O. The van der Waals surface area contributed by atoms with Gasteiger partial charge < -0.3 is 15.6 Å². The summed E-state index contributed by atoms with van der Waals surface area (Å²) in [6.07, 6.45) is 9.98. The number of rotatable bonds is 4. The Balaban J connectivity index is 2.06. The molecule has 0 aliphatic heterocycles. The number of hydrogen-bond donors (Lipinski definition) is 2. The number of nitrogens with two attached hydrogens (primary N) is 1. The van der Waals surface area contributed by atoms with Crippen molar-refractivity contribution in [2.24, 2.45) is 11.1 Å². The highest BCUT2D eigenvalue weighted by Gasteiger charge is 2.39. The summed E-state index contributed by atoms with van der Waals surface area (Å²) in [7, 11) is 1.84. The number of carbonyl (C=O) groups excluding carboxylic acids is 1. The number of aromatic amines is 1. The second-order valence-corrected chi connectivity index (χ2v) is 5.60. The van der Waals surface area contributed by atoms with Gasteiger partial charge in [-0.25, -0.2) is 4.98 Å². The van der Waals surface area contributed by atoms with E-state index in [4.69, 9.17) is 5.73 Å². The van der Waals surface area contributed by atoms with Crippen LogP contribution in [-0.2, 0) is 11.3 Å². The van der Waals surface area contributed by atoms with Gasteiger partial charge in [-0.2, -0.15) is 0 Å². The van der Waals surface area contributed by atoms with Crippen molar-refractivity contribution in [3.05, 3.63) is 18.2 Å². The molecule has 106 valence electrons. The summed E-state index contributed by atoms with van der Waals surface area (Å²) >= 11 is 0. The molecule has 1 heterocycles. The van der Waals surface area contributed by atoms with Gasteiger partial charge in [0.25, 0.3) is 0 Å². The molecule has 0 aromatic carbocycles. The summed E-state index contributed by atoms with van der Waals surface area (Å²) in [5, 5.41) is 0. The molecule has 1 amide bonds. The standard InChI is InChI=1S/C14H24N4O/c1-18(10-12-16-8-9-17-12)13(19)14(11-15)6-4-2-3-5-7-14/h8-9H,2-7,10-11,15H2,1H3,(H,16,17). The maximum Gasteiger partial charge on any atom is 0.230 e. The van der Waals surface area contributed by atoms with Crippen molar-refractivity contribution in [2.45, 2.75) is 45.1 Å². The Morgan fingerprint density at radius 3 is 2.63 bits per heavy atom. The Labute approximate surface area is 114 Å². The van der Waals surface area contributed by atoms with Gasteiger partial charge in [0, 0.05) is 26.0 Å². The third-order valence-corrected chi connectivity index (χ3v) is 4.19. The van der Waals surface area contributed by atoms with Gasteiger partial charge in [-0.3, -0.25) is 4.79 Å². The zero-order valence-corrected chi connectivity index (χ0v) is 11.7. The molecular weight excluding hydrogens is 240 g/mol. The largest absolute Gasteiger partial charge is 0.347 e. The van der Waals surface area contributed by atoms with E-state index in [-0.39, 0.29) is 11.3 Å². The molecule has 1 aliphatic rings. The lowest BCUT2D eigenvalue weighted by Crippen LogP contribution is -2.46. The Bertz CT molecular complexity index is 394. The Kier molecular flexibility index (Phi) is 4.58. The molecule has 3 N–H and O–H groups in total. The highest BCUT2D eigenvalue weighted by molar-refractivity contribution is 5.82. The molecule has 0 radical (unpaired) electrons. The van der Waals surface area contributed by atoms with Crippen LogP contribution in [0.5, 0.6) is 0 Å². The summed E-state index contributed by atoms with van der Waals surface area (Å²) in [4.78, 5) is 21.7. The smallest absolute Gasteiger partial charge is 0.230 e. The monoisotopic (exact) mass is 264 g/mol. The van der Waals surface area contributed by atoms with Crippen LogP contribution >= 0.6 is 0 Å². The Morgan fingerprint density at radius 1 is 1.42 bits per heavy atom. The van der Waals surface area contributed by atoms with Gasteiger partial charge >= 0.3 is 0 Å². The number of aromatic nitrogens is 2. The Morgan fingerprint density at radius 2 is 2.11 bits per heavy atom. The van der Waals surface area contributed by atoms with Crippen molar-refractivity contribution in [2.75, 3.05) is 13.6 Å². The van der Waals surface area contributed by atoms with Crippen LogP contribution in [0.2, 0.25) is 0 Å². The van der Waals surface area contributed by atoms with Crippen molar-refractivity contribution in [3.63, 3.8) is 0 Å². The summed E-state index contributed by atoms with van der Waals surface area (Å²) in [5.41, 5.74) is 5.60. The van der Waals surface area contributed by atoms with Crippen molar-refractivity contribution >= 4 is 5.91 Å². The van der Waals surface area contributed by atoms with Crippen LogP contribution in [0.15, 0.2) is 12.4 Å². The van der Waals surface area contributed by atoms with E-state index in [0.717, 1.165) is 31.5 Å². The van der Waals surface area contributed by atoms with Crippen LogP contribution < -0.4 is 5.73 Å². The average molecular weight is 264 g/mol. The van der Waals surface area contributed by atoms with E-state index in [1.807, 2.05) is 7.05 Å². The highest BCUT2D eigenvalue weighted by Crippen LogP contribution is 2.35. The fourth-order valence-corrected chi connectivity index (χ4v) is 3.00. The zero-order chi connectivity index (χ0) is 13.7. The van der Waals surface area contributed by atoms with Gasteiger partial charge in [0.15, 0.2) is 0 Å². The minimum Gasteiger partial charge on any atom is -0.347 e. The SMILES string of the molecule is CN(Cc1ncc[nH]1)C(=O)C1(CN)CCCCCC1. The summed E-state index contributed by atoms with van der Waals surface area (Å²) in [5.74, 6) is 0.991. The predicted octanol–water partition coefficient (Wildman–Crippen LogP) is 1.67. The quantitative estimate of drug-likeness (QED) is 0.812. The van der Waals surface area contributed by atoms with E-state index < -0.39 is 0 Å². The normalized spacial score (nSPS) is 18.8. The van der Waals surface area contributed by atoms with E-state index in [2.05, 4.69) is 9.97 Å². The molecule has 0 atom stereocenters. The van der Waals surface area contributed by atoms with E-state index in [0.29, 0.717) is 13.1 Å². The first kappa shape index (κ1) is 14.1. The third-order valence-electron chi connectivity index (χ3n) is 4.19. The summed E-state index contributed by atoms with van der Waals surface area (Å²) in [6, 6.07) is 0. The average Bonchev–Trinajstić information content (AvgIpc) is 2.80. The maximum atomic E-state index is 12.7. The molecule has 1 fully saturated rings. The first-order chi connectivity index (χ1) is 9.18. The van der Waals surface area contributed by atoms with Crippen molar-refractivity contribution in [1.82, 2.24) is 14.9 Å². The van der Waals surface area contributed by atoms with Gasteiger partial charge in [0.05, 0.1) is 12.0 Å². The fraction of sp³-hybridized carbons (Fsp3) is 0.714. The number of imidazole rings is 1. The summed E-state index contributed by atoms with van der Waals surface area (Å²) < 4.78 is 0. The number of carbonyl (C=O) groups is 1. The molecule has 1 saturated carbocycles. The molecule has 2 rings (SSSR count). The van der Waals surface area contributed by atoms with Gasteiger partial charge in [-0.15, -0.1) is 0 Å². The molecule has 0 saturated heterocycles. The molecule has 1 aromatic heterocycles. The lowest BCUT2D eigenvalue weighted by molar-refractivity contribution is -0.141. The first-order valence-corrected chi connectivity index (χ1v) is 7.12. The molecule has 5 heteroatoms. The molecule has 1 aromatic rings. The minimum absolute atomic E-state index is 0.174. The summed E-state index contributed by atoms with van der Waals surface area (Å²) in [6.45, 7) is 0.974. The van der Waals surface area contributed by atoms with E-state index in [9.17, 15) is 4.79 Å². The van der Waals surface area contributed by atoms with Crippen LogP contribution in [0.1, 0.15) is 44.3 Å². The molecule has 1 aliphatic carbocycles. The number of hydrogen-bond acceptors (Lipinski definition) is 3. The molecule has 0 unspecified atom stereocenters. The molecule has 5 nitrogen and oxygen atoms in total. The number of nitrogens with zero attached hydrogens (tertiary/aromatic N) is 2. The second-order valence-electron chi connectivity index (χ2n) is 5.60. The van der Waals surface area contributed by atoms with Crippen molar-refractivity contribution in [3.8, 4) is 0 Å². The predicted molar refractivity (Wildman–Crippen MR) is 74.3 cm³/mol. The van der Waals surface area contributed by atoms with Crippen LogP contribution in [0, 0.1) is 5.41 Å². The molecule has 19 heavy (non-hydrogen) atoms. The second kappa shape index (κ2) is 6.19. The van der Waals surface area contributed by atoms with Crippen molar-refractivity contribution < 1.29 is 4.79 Å². The molecule has 0 spiro atoms. The highest BCUT2D eigenvalue weighted by atomic mass is 16.2. The zero-order valence-electron chi connectivity index (χ0n) is 11.7. The van der Waals surface area contributed by atoms with Crippen molar-refractivity contribution in [1.29, 1.82) is 0 Å². The van der Waals surface area contributed by atoms with E-state index in [1.165, 1.54) is 12.8 Å². The van der Waals surface area contributed by atoms with Crippen LogP contribution in [0.4, 0.5) is 0 Å². The van der Waals surface area contributed by atoms with Gasteiger partial charge in [0.1, 0.15) is 5.82 Å². The third kappa shape index (κ3) is 3.15. The van der Waals surface area contributed by atoms with Crippen LogP contribution in [0.3, 0.4) is 0 Å². The van der Waals surface area contributed by atoms with Crippen LogP contribution in [0.25, 0.3) is 0 Å². The minimum atomic E-state index is -0.349. The van der Waals surface area contributed by atoms with E-state index >= 15 is 0 Å². The molecule has 0 bridgehead atoms. The lowest BCUT2D eigenvalue weighted by atomic mass is 9.79. The fourth-order valence-electron chi connectivity index (χ4n) is 3.00. The van der Waals surface area contributed by atoms with Gasteiger partial charge in [-0.05, 0) is 12.8 Å². The van der Waals surface area contributed by atoms with Gasteiger partial charge in [0.2, 0.25) is 5.91 Å². The Hall–Kier alpha value is -1.36. The number of H-pyrrole nitrogens is 1.